The number of carbonyl (C=O) groups is 2. The van der Waals surface area contributed by atoms with Crippen LogP contribution >= 0.6 is 0 Å². The highest BCUT2D eigenvalue weighted by atomic mass is 32.2. The van der Waals surface area contributed by atoms with Crippen LogP contribution in [-0.2, 0) is 35.8 Å². The van der Waals surface area contributed by atoms with Gasteiger partial charge >= 0.3 is 11.9 Å². The molecule has 9 heteroatoms. The van der Waals surface area contributed by atoms with Gasteiger partial charge in [0.1, 0.15) is 18.2 Å². The summed E-state index contributed by atoms with van der Waals surface area (Å²) in [4.78, 5) is 23.1. The van der Waals surface area contributed by atoms with Crippen LogP contribution in [0.4, 0.5) is 0 Å². The molecule has 0 aliphatic carbocycles. The van der Waals surface area contributed by atoms with E-state index in [0.717, 1.165) is 11.1 Å². The lowest BCUT2D eigenvalue weighted by Gasteiger charge is -2.21. The maximum Gasteiger partial charge on any atom is 0.324 e. The summed E-state index contributed by atoms with van der Waals surface area (Å²) in [5.41, 5.74) is 6.83. The summed E-state index contributed by atoms with van der Waals surface area (Å²) >= 11 is 0. The van der Waals surface area contributed by atoms with Gasteiger partial charge in [0.15, 0.2) is 0 Å². The van der Waals surface area contributed by atoms with Crippen LogP contribution in [0.2, 0.25) is 0 Å². The second-order valence-electron chi connectivity index (χ2n) is 7.78. The van der Waals surface area contributed by atoms with Gasteiger partial charge < -0.3 is 15.2 Å². The maximum atomic E-state index is 11.6. The first-order valence-corrected chi connectivity index (χ1v) is 10.9. The lowest BCUT2D eigenvalue weighted by Crippen LogP contribution is -2.39. The van der Waals surface area contributed by atoms with E-state index in [9.17, 15) is 18.0 Å². The summed E-state index contributed by atoms with van der Waals surface area (Å²) in [6.07, 6.45) is -0.193. The van der Waals surface area contributed by atoms with Gasteiger partial charge in [-0.2, -0.15) is 8.42 Å². The zero-order valence-electron chi connectivity index (χ0n) is 18.1. The summed E-state index contributed by atoms with van der Waals surface area (Å²) in [6, 6.07) is 14.3. The molecule has 0 spiro atoms. The Labute approximate surface area is 183 Å². The predicted octanol–water partition coefficient (Wildman–Crippen LogP) is 3.03. The molecule has 0 amide bonds. The van der Waals surface area contributed by atoms with Crippen molar-refractivity contribution in [2.75, 3.05) is 0 Å². The molecule has 2 aromatic carbocycles. The van der Waals surface area contributed by atoms with E-state index in [2.05, 4.69) is 0 Å². The quantitative estimate of drug-likeness (QED) is 0.506. The predicted molar refractivity (Wildman–Crippen MR) is 116 cm³/mol. The van der Waals surface area contributed by atoms with E-state index in [4.69, 9.17) is 19.8 Å². The van der Waals surface area contributed by atoms with Crippen LogP contribution in [0.15, 0.2) is 59.5 Å². The van der Waals surface area contributed by atoms with Crippen molar-refractivity contribution in [3.63, 3.8) is 0 Å². The minimum atomic E-state index is -4.02. The molecule has 0 saturated carbocycles. The van der Waals surface area contributed by atoms with E-state index in [0.29, 0.717) is 0 Å². The molecular formula is C22H29NO7S. The van der Waals surface area contributed by atoms with Gasteiger partial charge in [-0.1, -0.05) is 48.0 Å². The SMILES string of the molecule is CC(C)(C)OC(=O)[C@@H](N)CC(=O)OCc1ccccc1.Cc1ccc(S(=O)(=O)O)cc1. The number of carbonyl (C=O) groups excluding carboxylic acids is 2. The zero-order valence-corrected chi connectivity index (χ0v) is 18.9. The van der Waals surface area contributed by atoms with E-state index < -0.39 is 33.7 Å². The van der Waals surface area contributed by atoms with Gasteiger partial charge in [0.2, 0.25) is 0 Å². The number of benzene rings is 2. The highest BCUT2D eigenvalue weighted by Gasteiger charge is 2.24. The molecule has 0 aliphatic rings. The van der Waals surface area contributed by atoms with Gasteiger partial charge in [-0.3, -0.25) is 14.1 Å². The molecule has 31 heavy (non-hydrogen) atoms. The number of ether oxygens (including phenoxy) is 2. The normalized spacial score (nSPS) is 12.2. The fraction of sp³-hybridized carbons (Fsp3) is 0.364. The Kier molecular flexibility index (Phi) is 9.83. The van der Waals surface area contributed by atoms with Crippen molar-refractivity contribution in [2.24, 2.45) is 5.73 Å². The Bertz CT molecular complexity index is 950. The average molecular weight is 452 g/mol. The molecule has 8 nitrogen and oxygen atoms in total. The molecule has 170 valence electrons. The molecule has 2 aromatic rings. The molecule has 1 atom stereocenters. The Morgan fingerprint density at radius 1 is 1.03 bits per heavy atom. The molecule has 0 heterocycles. The van der Waals surface area contributed by atoms with Gasteiger partial charge in [-0.05, 0) is 45.4 Å². The Morgan fingerprint density at radius 2 is 1.58 bits per heavy atom. The van der Waals surface area contributed by atoms with Gasteiger partial charge in [-0.25, -0.2) is 0 Å². The lowest BCUT2D eigenvalue weighted by atomic mass is 10.1. The van der Waals surface area contributed by atoms with Crippen LogP contribution in [-0.4, -0.2) is 36.6 Å². The van der Waals surface area contributed by atoms with Crippen molar-refractivity contribution < 1.29 is 32.0 Å². The molecule has 0 aliphatic heterocycles. The monoisotopic (exact) mass is 451 g/mol. The smallest absolute Gasteiger partial charge is 0.324 e. The average Bonchev–Trinajstić information content (AvgIpc) is 2.66. The number of esters is 2. The van der Waals surface area contributed by atoms with Crippen LogP contribution in [0.25, 0.3) is 0 Å². The Morgan fingerprint density at radius 3 is 2.06 bits per heavy atom. The highest BCUT2D eigenvalue weighted by Crippen LogP contribution is 2.10. The van der Waals surface area contributed by atoms with Crippen LogP contribution in [0.1, 0.15) is 38.3 Å². The number of rotatable bonds is 6. The summed E-state index contributed by atoms with van der Waals surface area (Å²) in [5.74, 6) is -1.12. The third-order valence-electron chi connectivity index (χ3n) is 3.66. The minimum Gasteiger partial charge on any atom is -0.461 e. The summed E-state index contributed by atoms with van der Waals surface area (Å²) in [5, 5.41) is 0. The first kappa shape index (κ1) is 26.3. The molecular weight excluding hydrogens is 422 g/mol. The van der Waals surface area contributed by atoms with Crippen molar-refractivity contribution in [3.05, 3.63) is 65.7 Å². The van der Waals surface area contributed by atoms with Crippen molar-refractivity contribution in [2.45, 2.75) is 57.3 Å². The van der Waals surface area contributed by atoms with Crippen LogP contribution in [0.3, 0.4) is 0 Å². The van der Waals surface area contributed by atoms with E-state index in [1.807, 2.05) is 37.3 Å². The first-order valence-electron chi connectivity index (χ1n) is 9.50. The van der Waals surface area contributed by atoms with E-state index in [-0.39, 0.29) is 17.9 Å². The Balaban J connectivity index is 0.000000367. The van der Waals surface area contributed by atoms with Crippen molar-refractivity contribution in [1.29, 1.82) is 0 Å². The van der Waals surface area contributed by atoms with Gasteiger partial charge in [-0.15, -0.1) is 0 Å². The highest BCUT2D eigenvalue weighted by molar-refractivity contribution is 7.85. The third kappa shape index (κ3) is 11.3. The number of hydrogen-bond donors (Lipinski definition) is 2. The largest absolute Gasteiger partial charge is 0.461 e. The zero-order chi connectivity index (χ0) is 23.7. The minimum absolute atomic E-state index is 0.0666. The van der Waals surface area contributed by atoms with Crippen molar-refractivity contribution >= 4 is 22.1 Å². The van der Waals surface area contributed by atoms with E-state index >= 15 is 0 Å². The third-order valence-corrected chi connectivity index (χ3v) is 4.53. The molecule has 0 unspecified atom stereocenters. The second kappa shape index (κ2) is 11.6. The molecule has 0 bridgehead atoms. The van der Waals surface area contributed by atoms with Crippen LogP contribution in [0, 0.1) is 6.92 Å². The van der Waals surface area contributed by atoms with Crippen molar-refractivity contribution in [3.8, 4) is 0 Å². The molecule has 0 fully saturated rings. The fourth-order valence-corrected chi connectivity index (χ4v) is 2.63. The van der Waals surface area contributed by atoms with Gasteiger partial charge in [0, 0.05) is 0 Å². The number of nitrogens with two attached hydrogens (primary N) is 1. The van der Waals surface area contributed by atoms with Crippen molar-refractivity contribution in [1.82, 2.24) is 0 Å². The molecule has 2 rings (SSSR count). The molecule has 0 saturated heterocycles. The number of aryl methyl sites for hydroxylation is 1. The van der Waals surface area contributed by atoms with E-state index in [1.165, 1.54) is 12.1 Å². The molecule has 3 N–H and O–H groups in total. The lowest BCUT2D eigenvalue weighted by molar-refractivity contribution is -0.160. The van der Waals surface area contributed by atoms with Crippen LogP contribution < -0.4 is 5.73 Å². The topological polar surface area (TPSA) is 133 Å². The standard InChI is InChI=1S/C15H21NO4.C7H8O3S/c1-15(2,3)20-14(18)12(16)9-13(17)19-10-11-7-5-4-6-8-11;1-6-2-4-7(5-3-6)11(8,9)10/h4-8,12H,9-10,16H2,1-3H3;2-5H,1H3,(H,8,9,10)/t12-;/m0./s1. The summed E-state index contributed by atoms with van der Waals surface area (Å²) in [7, 11) is -4.02. The molecule has 0 radical (unpaired) electrons. The fourth-order valence-electron chi connectivity index (χ4n) is 2.15. The van der Waals surface area contributed by atoms with Gasteiger partial charge in [0.05, 0.1) is 11.3 Å². The van der Waals surface area contributed by atoms with Crippen LogP contribution in [0.5, 0.6) is 0 Å². The molecule has 0 aromatic heterocycles. The number of hydrogen-bond acceptors (Lipinski definition) is 7. The van der Waals surface area contributed by atoms with E-state index in [1.54, 1.807) is 32.9 Å². The summed E-state index contributed by atoms with van der Waals surface area (Å²) < 4.78 is 39.7. The Hall–Kier alpha value is -2.75. The first-order chi connectivity index (χ1) is 14.3. The van der Waals surface area contributed by atoms with Gasteiger partial charge in [0.25, 0.3) is 10.1 Å². The second-order valence-corrected chi connectivity index (χ2v) is 9.20. The summed E-state index contributed by atoms with van der Waals surface area (Å²) in [6.45, 7) is 7.23. The maximum absolute atomic E-state index is 11.6.